The zero-order valence-electron chi connectivity index (χ0n) is 11.0. The Bertz CT molecular complexity index is 513. The van der Waals surface area contributed by atoms with E-state index >= 15 is 0 Å². The minimum atomic E-state index is 0.718. The van der Waals surface area contributed by atoms with E-state index in [2.05, 4.69) is 29.6 Å². The molecule has 0 aromatic heterocycles. The van der Waals surface area contributed by atoms with Gasteiger partial charge in [-0.1, -0.05) is 48.0 Å². The second kappa shape index (κ2) is 7.17. The van der Waals surface area contributed by atoms with Gasteiger partial charge >= 0.3 is 0 Å². The minimum absolute atomic E-state index is 0.718. The highest BCUT2D eigenvalue weighted by molar-refractivity contribution is 6.31. The van der Waals surface area contributed by atoms with Crippen molar-refractivity contribution < 1.29 is 4.74 Å². The molecule has 0 radical (unpaired) electrons. The van der Waals surface area contributed by atoms with Crippen LogP contribution in [0.25, 0.3) is 0 Å². The van der Waals surface area contributed by atoms with Gasteiger partial charge in [-0.15, -0.1) is 0 Å². The molecule has 0 amide bonds. The lowest BCUT2D eigenvalue weighted by Gasteiger charge is -2.11. The van der Waals surface area contributed by atoms with E-state index in [1.54, 1.807) is 7.11 Å². The van der Waals surface area contributed by atoms with Crippen LogP contribution < -0.4 is 10.1 Å². The van der Waals surface area contributed by atoms with Crippen LogP contribution in [0, 0.1) is 0 Å². The van der Waals surface area contributed by atoms with Crippen molar-refractivity contribution in [2.45, 2.75) is 13.0 Å². The molecule has 19 heavy (non-hydrogen) atoms. The van der Waals surface area contributed by atoms with E-state index in [0.29, 0.717) is 0 Å². The van der Waals surface area contributed by atoms with Gasteiger partial charge in [-0.2, -0.15) is 0 Å². The zero-order chi connectivity index (χ0) is 13.5. The Morgan fingerprint density at radius 3 is 2.58 bits per heavy atom. The fraction of sp³-hybridized carbons (Fsp3) is 0.250. The number of methoxy groups -OCH3 is 1. The number of ether oxygens (including phenoxy) is 1. The molecule has 2 rings (SSSR count). The molecule has 100 valence electrons. The fourth-order valence-corrected chi connectivity index (χ4v) is 2.23. The van der Waals surface area contributed by atoms with Crippen LogP contribution in [0.4, 0.5) is 0 Å². The summed E-state index contributed by atoms with van der Waals surface area (Å²) in [5.74, 6) is 0.833. The minimum Gasteiger partial charge on any atom is -0.496 e. The first-order chi connectivity index (χ1) is 9.31. The molecule has 0 atom stereocenters. The maximum Gasteiger partial charge on any atom is 0.124 e. The predicted molar refractivity (Wildman–Crippen MR) is 79.9 cm³/mol. The van der Waals surface area contributed by atoms with Gasteiger partial charge in [0.25, 0.3) is 0 Å². The number of benzene rings is 2. The first kappa shape index (κ1) is 13.9. The summed E-state index contributed by atoms with van der Waals surface area (Å²) in [6.07, 6.45) is 1.01. The van der Waals surface area contributed by atoms with Crippen LogP contribution >= 0.6 is 11.6 Å². The third-order valence-corrected chi connectivity index (χ3v) is 3.38. The van der Waals surface area contributed by atoms with Crippen molar-refractivity contribution in [2.24, 2.45) is 0 Å². The molecular weight excluding hydrogens is 258 g/mol. The Morgan fingerprint density at radius 1 is 1.05 bits per heavy atom. The molecule has 2 nitrogen and oxygen atoms in total. The first-order valence-corrected chi connectivity index (χ1v) is 6.75. The molecule has 0 aliphatic rings. The Morgan fingerprint density at radius 2 is 1.84 bits per heavy atom. The Balaban J connectivity index is 1.86. The lowest BCUT2D eigenvalue weighted by Crippen LogP contribution is -2.17. The average Bonchev–Trinajstić information content (AvgIpc) is 2.46. The highest BCUT2D eigenvalue weighted by Gasteiger charge is 2.06. The van der Waals surface area contributed by atoms with Crippen LogP contribution in [0.15, 0.2) is 48.5 Å². The number of nitrogens with one attached hydrogen (secondary N) is 1. The van der Waals surface area contributed by atoms with Crippen molar-refractivity contribution in [3.05, 3.63) is 64.7 Å². The van der Waals surface area contributed by atoms with Gasteiger partial charge in [0.1, 0.15) is 5.75 Å². The normalized spacial score (nSPS) is 10.4. The van der Waals surface area contributed by atoms with E-state index in [1.165, 1.54) is 5.56 Å². The lowest BCUT2D eigenvalue weighted by molar-refractivity contribution is 0.408. The van der Waals surface area contributed by atoms with E-state index in [0.717, 1.165) is 35.8 Å². The predicted octanol–water partition coefficient (Wildman–Crippen LogP) is 3.68. The highest BCUT2D eigenvalue weighted by Crippen LogP contribution is 2.25. The number of hydrogen-bond donors (Lipinski definition) is 1. The van der Waals surface area contributed by atoms with Crippen molar-refractivity contribution in [1.82, 2.24) is 5.32 Å². The van der Waals surface area contributed by atoms with Gasteiger partial charge in [0.2, 0.25) is 0 Å². The van der Waals surface area contributed by atoms with Crippen molar-refractivity contribution in [3.8, 4) is 5.75 Å². The Labute approximate surface area is 119 Å². The quantitative estimate of drug-likeness (QED) is 0.812. The molecule has 0 saturated heterocycles. The third-order valence-electron chi connectivity index (χ3n) is 3.03. The average molecular weight is 276 g/mol. The summed E-state index contributed by atoms with van der Waals surface area (Å²) in [5.41, 5.74) is 2.35. The van der Waals surface area contributed by atoms with E-state index in [4.69, 9.17) is 16.3 Å². The highest BCUT2D eigenvalue weighted by atomic mass is 35.5. The van der Waals surface area contributed by atoms with Crippen LogP contribution in [0.1, 0.15) is 11.1 Å². The third kappa shape index (κ3) is 3.98. The van der Waals surface area contributed by atoms with Crippen molar-refractivity contribution in [2.75, 3.05) is 13.7 Å². The van der Waals surface area contributed by atoms with Gasteiger partial charge < -0.3 is 10.1 Å². The fourth-order valence-electron chi connectivity index (χ4n) is 1.99. The van der Waals surface area contributed by atoms with Gasteiger partial charge in [0, 0.05) is 17.1 Å². The molecule has 0 aliphatic heterocycles. The zero-order valence-corrected chi connectivity index (χ0v) is 11.8. The van der Waals surface area contributed by atoms with Gasteiger partial charge in [-0.05, 0) is 30.7 Å². The molecule has 2 aromatic rings. The Hall–Kier alpha value is -1.51. The van der Waals surface area contributed by atoms with Crippen molar-refractivity contribution >= 4 is 11.6 Å². The summed E-state index contributed by atoms with van der Waals surface area (Å²) in [4.78, 5) is 0. The summed E-state index contributed by atoms with van der Waals surface area (Å²) in [6.45, 7) is 1.63. The first-order valence-electron chi connectivity index (χ1n) is 6.37. The number of rotatable bonds is 6. The van der Waals surface area contributed by atoms with Crippen LogP contribution in [0.5, 0.6) is 5.75 Å². The van der Waals surface area contributed by atoms with Gasteiger partial charge in [0.15, 0.2) is 0 Å². The Kier molecular flexibility index (Phi) is 5.25. The summed E-state index contributed by atoms with van der Waals surface area (Å²) >= 11 is 6.18. The molecule has 2 aromatic carbocycles. The maximum atomic E-state index is 6.18. The van der Waals surface area contributed by atoms with Gasteiger partial charge in [-0.25, -0.2) is 0 Å². The molecule has 3 heteroatoms. The standard InChI is InChI=1S/C16H18ClNO/c1-19-16-9-5-8-15(17)14(16)12-18-11-10-13-6-3-2-4-7-13/h2-9,18H,10-12H2,1H3. The summed E-state index contributed by atoms with van der Waals surface area (Å²) in [6, 6.07) is 16.1. The van der Waals surface area contributed by atoms with Gasteiger partial charge in [0.05, 0.1) is 7.11 Å². The van der Waals surface area contributed by atoms with Crippen LogP contribution in [-0.2, 0) is 13.0 Å². The molecular formula is C16H18ClNO. The van der Waals surface area contributed by atoms with Crippen LogP contribution in [-0.4, -0.2) is 13.7 Å². The summed E-state index contributed by atoms with van der Waals surface area (Å²) < 4.78 is 5.32. The molecule has 0 aliphatic carbocycles. The molecule has 1 N–H and O–H groups in total. The molecule has 0 bridgehead atoms. The maximum absolute atomic E-state index is 6.18. The topological polar surface area (TPSA) is 21.3 Å². The van der Waals surface area contributed by atoms with Crippen LogP contribution in [0.3, 0.4) is 0 Å². The smallest absolute Gasteiger partial charge is 0.124 e. The van der Waals surface area contributed by atoms with E-state index < -0.39 is 0 Å². The molecule has 0 unspecified atom stereocenters. The molecule has 0 saturated carbocycles. The van der Waals surface area contributed by atoms with Crippen molar-refractivity contribution in [3.63, 3.8) is 0 Å². The monoisotopic (exact) mass is 275 g/mol. The largest absolute Gasteiger partial charge is 0.496 e. The second-order valence-corrected chi connectivity index (χ2v) is 4.74. The summed E-state index contributed by atoms with van der Waals surface area (Å²) in [5, 5.41) is 4.14. The summed E-state index contributed by atoms with van der Waals surface area (Å²) in [7, 11) is 1.67. The lowest BCUT2D eigenvalue weighted by atomic mass is 10.1. The van der Waals surface area contributed by atoms with E-state index in [9.17, 15) is 0 Å². The van der Waals surface area contributed by atoms with Crippen molar-refractivity contribution in [1.29, 1.82) is 0 Å². The van der Waals surface area contributed by atoms with Gasteiger partial charge in [-0.3, -0.25) is 0 Å². The number of hydrogen-bond acceptors (Lipinski definition) is 2. The second-order valence-electron chi connectivity index (χ2n) is 4.33. The molecule has 0 heterocycles. The van der Waals surface area contributed by atoms with Crippen LogP contribution in [0.2, 0.25) is 5.02 Å². The molecule has 0 fully saturated rings. The van der Waals surface area contributed by atoms with E-state index in [1.807, 2.05) is 24.3 Å². The SMILES string of the molecule is COc1cccc(Cl)c1CNCCc1ccccc1. The molecule has 0 spiro atoms. The number of halogens is 1. The van der Waals surface area contributed by atoms with E-state index in [-0.39, 0.29) is 0 Å².